The fraction of sp³-hybridized carbons (Fsp3) is 0.889. The van der Waals surface area contributed by atoms with Gasteiger partial charge in [-0.3, -0.25) is 0 Å². The Hall–Kier alpha value is -0.340. The maximum atomic E-state index is 6.46. The van der Waals surface area contributed by atoms with E-state index in [4.69, 9.17) is 4.74 Å². The molecule has 2 fully saturated rings. The van der Waals surface area contributed by atoms with Gasteiger partial charge in [0, 0.05) is 12.0 Å². The zero-order chi connectivity index (χ0) is 14.6. The van der Waals surface area contributed by atoms with Crippen LogP contribution in [-0.4, -0.2) is 24.8 Å². The minimum absolute atomic E-state index is 0.156. The van der Waals surface area contributed by atoms with Gasteiger partial charge in [0.15, 0.2) is 0 Å². The van der Waals surface area contributed by atoms with Crippen molar-refractivity contribution in [3.63, 3.8) is 0 Å². The average molecular weight is 279 g/mol. The van der Waals surface area contributed by atoms with E-state index in [1.807, 2.05) is 0 Å². The number of hydrogen-bond donors (Lipinski definition) is 1. The lowest BCUT2D eigenvalue weighted by Gasteiger charge is -2.31. The van der Waals surface area contributed by atoms with Gasteiger partial charge in [0.1, 0.15) is 0 Å². The van der Waals surface area contributed by atoms with Crippen LogP contribution in [0.15, 0.2) is 12.7 Å². The molecule has 0 aromatic carbocycles. The highest BCUT2D eigenvalue weighted by Gasteiger charge is 2.43. The van der Waals surface area contributed by atoms with Crippen molar-refractivity contribution in [1.82, 2.24) is 5.32 Å². The Balaban J connectivity index is 1.82. The maximum absolute atomic E-state index is 6.46. The first kappa shape index (κ1) is 16.0. The average Bonchev–Trinajstić information content (AvgIpc) is 3.00. The van der Waals surface area contributed by atoms with Gasteiger partial charge in [0.2, 0.25) is 0 Å². The smallest absolute Gasteiger partial charge is 0.0687 e. The highest BCUT2D eigenvalue weighted by atomic mass is 16.5. The van der Waals surface area contributed by atoms with E-state index in [1.165, 1.54) is 38.5 Å². The molecule has 2 atom stereocenters. The lowest BCUT2D eigenvalue weighted by atomic mass is 9.83. The Bertz CT molecular complexity index is 319. The van der Waals surface area contributed by atoms with E-state index in [0.717, 1.165) is 19.5 Å². The second-order valence-corrected chi connectivity index (χ2v) is 7.76. The number of nitrogens with one attached hydrogen (secondary N) is 1. The molecular weight excluding hydrogens is 246 g/mol. The van der Waals surface area contributed by atoms with Crippen LogP contribution in [0, 0.1) is 11.3 Å². The van der Waals surface area contributed by atoms with E-state index in [9.17, 15) is 0 Å². The summed E-state index contributed by atoms with van der Waals surface area (Å²) in [6.07, 6.45) is 11.5. The molecule has 1 spiro atoms. The molecule has 0 aromatic rings. The Kier molecular flexibility index (Phi) is 5.30. The van der Waals surface area contributed by atoms with Gasteiger partial charge in [0.25, 0.3) is 0 Å². The fourth-order valence-corrected chi connectivity index (χ4v) is 3.82. The van der Waals surface area contributed by atoms with Gasteiger partial charge in [-0.1, -0.05) is 39.7 Å². The number of rotatable bonds is 7. The summed E-state index contributed by atoms with van der Waals surface area (Å²) < 4.78 is 6.46. The third kappa shape index (κ3) is 4.08. The van der Waals surface area contributed by atoms with Crippen LogP contribution < -0.4 is 5.32 Å². The van der Waals surface area contributed by atoms with Gasteiger partial charge in [-0.2, -0.15) is 0 Å². The van der Waals surface area contributed by atoms with Crippen molar-refractivity contribution in [3.05, 3.63) is 12.7 Å². The zero-order valence-electron chi connectivity index (χ0n) is 13.7. The quantitative estimate of drug-likeness (QED) is 0.701. The second kappa shape index (κ2) is 6.62. The Morgan fingerprint density at radius 3 is 2.65 bits per heavy atom. The van der Waals surface area contributed by atoms with Gasteiger partial charge >= 0.3 is 0 Å². The topological polar surface area (TPSA) is 21.3 Å². The molecule has 2 heteroatoms. The molecule has 20 heavy (non-hydrogen) atoms. The minimum Gasteiger partial charge on any atom is -0.372 e. The Morgan fingerprint density at radius 1 is 1.35 bits per heavy atom. The van der Waals surface area contributed by atoms with Gasteiger partial charge < -0.3 is 10.1 Å². The molecule has 2 aliphatic rings. The van der Waals surface area contributed by atoms with Crippen molar-refractivity contribution in [2.24, 2.45) is 11.3 Å². The first-order valence-electron chi connectivity index (χ1n) is 8.49. The summed E-state index contributed by atoms with van der Waals surface area (Å²) in [5, 5.41) is 3.58. The lowest BCUT2D eigenvalue weighted by Crippen LogP contribution is -2.35. The van der Waals surface area contributed by atoms with Crippen LogP contribution in [0.4, 0.5) is 0 Å². The molecule has 0 aromatic heterocycles. The highest BCUT2D eigenvalue weighted by molar-refractivity contribution is 4.99. The molecule has 116 valence electrons. The summed E-state index contributed by atoms with van der Waals surface area (Å²) in [6.45, 7) is 13.0. The van der Waals surface area contributed by atoms with E-state index in [0.29, 0.717) is 12.0 Å². The molecule has 0 amide bonds. The Morgan fingerprint density at radius 2 is 2.05 bits per heavy atom. The molecule has 1 saturated carbocycles. The predicted octanol–water partition coefficient (Wildman–Crippen LogP) is 4.31. The van der Waals surface area contributed by atoms with E-state index in [1.54, 1.807) is 0 Å². The summed E-state index contributed by atoms with van der Waals surface area (Å²) >= 11 is 0. The summed E-state index contributed by atoms with van der Waals surface area (Å²) in [4.78, 5) is 0. The summed E-state index contributed by atoms with van der Waals surface area (Å²) in [7, 11) is 0. The van der Waals surface area contributed by atoms with Crippen molar-refractivity contribution >= 4 is 0 Å². The predicted molar refractivity (Wildman–Crippen MR) is 85.9 cm³/mol. The second-order valence-electron chi connectivity index (χ2n) is 7.76. The van der Waals surface area contributed by atoms with Crippen LogP contribution in [0.25, 0.3) is 0 Å². The van der Waals surface area contributed by atoms with Gasteiger partial charge in [-0.05, 0) is 44.6 Å². The van der Waals surface area contributed by atoms with Crippen molar-refractivity contribution in [2.75, 3.05) is 13.1 Å². The molecule has 2 rings (SSSR count). The third-order valence-electron chi connectivity index (χ3n) is 5.12. The first-order chi connectivity index (χ1) is 9.47. The van der Waals surface area contributed by atoms with Gasteiger partial charge in [-0.15, -0.1) is 6.58 Å². The van der Waals surface area contributed by atoms with Crippen molar-refractivity contribution in [2.45, 2.75) is 77.4 Å². The van der Waals surface area contributed by atoms with E-state index >= 15 is 0 Å². The van der Waals surface area contributed by atoms with Crippen LogP contribution in [-0.2, 0) is 4.74 Å². The molecule has 0 bridgehead atoms. The maximum Gasteiger partial charge on any atom is 0.0687 e. The van der Waals surface area contributed by atoms with Crippen molar-refractivity contribution in [3.8, 4) is 0 Å². The van der Waals surface area contributed by atoms with E-state index < -0.39 is 0 Å². The van der Waals surface area contributed by atoms with Crippen molar-refractivity contribution in [1.29, 1.82) is 0 Å². The molecule has 0 radical (unpaired) electrons. The molecule has 2 unspecified atom stereocenters. The van der Waals surface area contributed by atoms with Crippen LogP contribution in [0.3, 0.4) is 0 Å². The van der Waals surface area contributed by atoms with Crippen molar-refractivity contribution < 1.29 is 4.74 Å². The molecule has 1 aliphatic carbocycles. The van der Waals surface area contributed by atoms with Crippen LogP contribution >= 0.6 is 0 Å². The normalized spacial score (nSPS) is 28.1. The van der Waals surface area contributed by atoms with Gasteiger partial charge in [-0.25, -0.2) is 0 Å². The summed E-state index contributed by atoms with van der Waals surface area (Å²) in [5.41, 5.74) is 0.418. The number of ether oxygens (including phenoxy) is 1. The standard InChI is InChI=1S/C18H33NO/c1-5-17(4,14-19-13-15(2)3)12-16-8-11-18(20-16)9-6-7-10-18/h5,15-16,19H,1,6-14H2,2-4H3. The largest absolute Gasteiger partial charge is 0.372 e. The van der Waals surface area contributed by atoms with E-state index in [2.05, 4.69) is 38.7 Å². The summed E-state index contributed by atoms with van der Waals surface area (Å²) in [6, 6.07) is 0. The molecule has 1 aliphatic heterocycles. The zero-order valence-corrected chi connectivity index (χ0v) is 13.7. The van der Waals surface area contributed by atoms with Crippen LogP contribution in [0.2, 0.25) is 0 Å². The monoisotopic (exact) mass is 279 g/mol. The van der Waals surface area contributed by atoms with Crippen LogP contribution in [0.5, 0.6) is 0 Å². The minimum atomic E-state index is 0.156. The SMILES string of the molecule is C=CC(C)(CNCC(C)C)CC1CCC2(CCCC2)O1. The van der Waals surface area contributed by atoms with E-state index in [-0.39, 0.29) is 11.0 Å². The molecule has 1 heterocycles. The summed E-state index contributed by atoms with van der Waals surface area (Å²) in [5.74, 6) is 0.702. The molecule has 2 nitrogen and oxygen atoms in total. The third-order valence-corrected chi connectivity index (χ3v) is 5.12. The molecule has 1 saturated heterocycles. The molecule has 1 N–H and O–H groups in total. The van der Waals surface area contributed by atoms with Gasteiger partial charge in [0.05, 0.1) is 11.7 Å². The highest BCUT2D eigenvalue weighted by Crippen LogP contribution is 2.45. The lowest BCUT2D eigenvalue weighted by molar-refractivity contribution is -0.0479. The number of hydrogen-bond acceptors (Lipinski definition) is 2. The first-order valence-corrected chi connectivity index (χ1v) is 8.49. The fourth-order valence-electron chi connectivity index (χ4n) is 3.82. The van der Waals surface area contributed by atoms with Crippen LogP contribution in [0.1, 0.15) is 65.7 Å². The Labute approximate surface area is 125 Å². The molecular formula is C18H33NO.